The number of carbonyl (C=O) groups excluding carboxylic acids is 1. The van der Waals surface area contributed by atoms with Crippen LogP contribution in [0, 0.1) is 0 Å². The maximum Gasteiger partial charge on any atom is 0.243 e. The Morgan fingerprint density at radius 3 is 2.86 bits per heavy atom. The Morgan fingerprint density at radius 2 is 2.36 bits per heavy atom. The predicted molar refractivity (Wildman–Crippen MR) is 54.9 cm³/mol. The Labute approximate surface area is 85.6 Å². The molecule has 0 aliphatic carbocycles. The van der Waals surface area contributed by atoms with Crippen LogP contribution in [0.5, 0.6) is 0 Å². The molecule has 0 bridgehead atoms. The normalized spacial score (nSPS) is 27.4. The molecule has 0 saturated carbocycles. The van der Waals surface area contributed by atoms with Crippen LogP contribution in [0.25, 0.3) is 0 Å². The Balaban J connectivity index is 2.40. The van der Waals surface area contributed by atoms with Crippen molar-refractivity contribution >= 4 is 5.91 Å². The van der Waals surface area contributed by atoms with Gasteiger partial charge in [-0.2, -0.15) is 0 Å². The van der Waals surface area contributed by atoms with Crippen LogP contribution in [0.1, 0.15) is 26.7 Å². The molecule has 1 amide bonds. The van der Waals surface area contributed by atoms with Crippen LogP contribution in [-0.2, 0) is 9.53 Å². The third kappa shape index (κ3) is 2.25. The van der Waals surface area contributed by atoms with Crippen molar-refractivity contribution in [3.05, 3.63) is 0 Å². The van der Waals surface area contributed by atoms with Crippen LogP contribution in [0.15, 0.2) is 0 Å². The molecule has 1 aliphatic heterocycles. The van der Waals surface area contributed by atoms with Crippen molar-refractivity contribution in [2.24, 2.45) is 0 Å². The van der Waals surface area contributed by atoms with E-state index in [-0.39, 0.29) is 11.4 Å². The predicted octanol–water partition coefficient (Wildman–Crippen LogP) is 0.581. The van der Waals surface area contributed by atoms with Crippen LogP contribution in [0.4, 0.5) is 0 Å². The topological polar surface area (TPSA) is 41.6 Å². The molecule has 0 aromatic rings. The van der Waals surface area contributed by atoms with Crippen molar-refractivity contribution in [2.75, 3.05) is 26.9 Å². The Kier molecular flexibility index (Phi) is 3.89. The average Bonchev–Trinajstić information content (AvgIpc) is 2.47. The summed E-state index contributed by atoms with van der Waals surface area (Å²) < 4.78 is 4.96. The lowest BCUT2D eigenvalue weighted by molar-refractivity contribution is -0.132. The summed E-state index contributed by atoms with van der Waals surface area (Å²) in [6.45, 7) is 6.17. The Morgan fingerprint density at radius 1 is 1.64 bits per heavy atom. The van der Waals surface area contributed by atoms with Gasteiger partial charge in [0.25, 0.3) is 0 Å². The van der Waals surface area contributed by atoms with Gasteiger partial charge in [-0.25, -0.2) is 0 Å². The molecular formula is C10H20N2O2. The molecular weight excluding hydrogens is 180 g/mol. The molecule has 1 rings (SSSR count). The second-order valence-corrected chi connectivity index (χ2v) is 3.94. The van der Waals surface area contributed by atoms with E-state index in [2.05, 4.69) is 5.32 Å². The first-order valence-corrected chi connectivity index (χ1v) is 5.17. The molecule has 1 unspecified atom stereocenters. The van der Waals surface area contributed by atoms with E-state index in [1.54, 1.807) is 7.11 Å². The lowest BCUT2D eigenvalue weighted by atomic mass is 9.99. The van der Waals surface area contributed by atoms with Gasteiger partial charge in [0, 0.05) is 20.3 Å². The zero-order chi connectivity index (χ0) is 10.6. The largest absolute Gasteiger partial charge is 0.385 e. The van der Waals surface area contributed by atoms with Gasteiger partial charge >= 0.3 is 0 Å². The molecule has 82 valence electrons. The van der Waals surface area contributed by atoms with Gasteiger partial charge < -0.3 is 9.64 Å². The van der Waals surface area contributed by atoms with Gasteiger partial charge in [-0.15, -0.1) is 0 Å². The van der Waals surface area contributed by atoms with E-state index >= 15 is 0 Å². The number of amides is 1. The summed E-state index contributed by atoms with van der Waals surface area (Å²) in [7, 11) is 1.68. The highest BCUT2D eigenvalue weighted by Gasteiger charge is 2.40. The molecule has 1 heterocycles. The second-order valence-electron chi connectivity index (χ2n) is 3.94. The van der Waals surface area contributed by atoms with Crippen molar-refractivity contribution < 1.29 is 9.53 Å². The van der Waals surface area contributed by atoms with Gasteiger partial charge in [0.1, 0.15) is 0 Å². The molecule has 1 aliphatic rings. The highest BCUT2D eigenvalue weighted by atomic mass is 16.5. The highest BCUT2D eigenvalue weighted by molar-refractivity contribution is 5.87. The van der Waals surface area contributed by atoms with E-state index in [1.165, 1.54) is 0 Å². The van der Waals surface area contributed by atoms with Crippen molar-refractivity contribution in [1.29, 1.82) is 0 Å². The molecule has 0 spiro atoms. The molecule has 0 aromatic heterocycles. The van der Waals surface area contributed by atoms with Gasteiger partial charge in [0.05, 0.1) is 12.2 Å². The van der Waals surface area contributed by atoms with E-state index in [1.807, 2.05) is 18.7 Å². The van der Waals surface area contributed by atoms with Gasteiger partial charge in [0.2, 0.25) is 5.91 Å². The minimum absolute atomic E-state index is 0.219. The quantitative estimate of drug-likeness (QED) is 0.660. The fraction of sp³-hybridized carbons (Fsp3) is 0.900. The number of hydrogen-bond donors (Lipinski definition) is 1. The van der Waals surface area contributed by atoms with Crippen molar-refractivity contribution in [1.82, 2.24) is 10.2 Å². The number of hydrogen-bond acceptors (Lipinski definition) is 3. The lowest BCUT2D eigenvalue weighted by Gasteiger charge is -2.20. The molecule has 1 N–H and O–H groups in total. The minimum atomic E-state index is -0.340. The fourth-order valence-electron chi connectivity index (χ4n) is 1.62. The second kappa shape index (κ2) is 4.75. The molecule has 1 fully saturated rings. The maximum absolute atomic E-state index is 11.9. The summed E-state index contributed by atoms with van der Waals surface area (Å²) >= 11 is 0. The molecule has 0 radical (unpaired) electrons. The first-order chi connectivity index (χ1) is 6.64. The van der Waals surface area contributed by atoms with Crippen LogP contribution in [0.3, 0.4) is 0 Å². The first kappa shape index (κ1) is 11.5. The van der Waals surface area contributed by atoms with Crippen LogP contribution in [0.2, 0.25) is 0 Å². The minimum Gasteiger partial charge on any atom is -0.385 e. The Bertz CT molecular complexity index is 208. The molecule has 4 heteroatoms. The zero-order valence-corrected chi connectivity index (χ0v) is 9.30. The smallest absolute Gasteiger partial charge is 0.243 e. The summed E-state index contributed by atoms with van der Waals surface area (Å²) in [6.07, 6.45) is 1.75. The van der Waals surface area contributed by atoms with E-state index < -0.39 is 0 Å². The number of rotatable bonds is 5. The number of ether oxygens (including phenoxy) is 1. The van der Waals surface area contributed by atoms with Gasteiger partial charge in [-0.1, -0.05) is 6.92 Å². The standard InChI is InChI=1S/C10H20N2O2/c1-4-10(2)9(13)12(8-11-10)6-5-7-14-3/h11H,4-8H2,1-3H3. The number of nitrogens with zero attached hydrogens (tertiary/aromatic N) is 1. The molecule has 14 heavy (non-hydrogen) atoms. The number of methoxy groups -OCH3 is 1. The molecule has 1 atom stereocenters. The molecule has 0 aromatic carbocycles. The van der Waals surface area contributed by atoms with Gasteiger partial charge in [0.15, 0.2) is 0 Å². The highest BCUT2D eigenvalue weighted by Crippen LogP contribution is 2.18. The third-order valence-corrected chi connectivity index (χ3v) is 2.90. The summed E-state index contributed by atoms with van der Waals surface area (Å²) in [5.41, 5.74) is -0.340. The summed E-state index contributed by atoms with van der Waals surface area (Å²) in [5, 5.41) is 3.24. The maximum atomic E-state index is 11.9. The summed E-state index contributed by atoms with van der Waals surface area (Å²) in [6, 6.07) is 0. The lowest BCUT2D eigenvalue weighted by Crippen LogP contribution is -2.43. The van der Waals surface area contributed by atoms with Crippen LogP contribution < -0.4 is 5.32 Å². The molecule has 1 saturated heterocycles. The van der Waals surface area contributed by atoms with Crippen molar-refractivity contribution in [3.8, 4) is 0 Å². The third-order valence-electron chi connectivity index (χ3n) is 2.90. The number of nitrogens with one attached hydrogen (secondary N) is 1. The fourth-order valence-corrected chi connectivity index (χ4v) is 1.62. The van der Waals surface area contributed by atoms with Crippen molar-refractivity contribution in [2.45, 2.75) is 32.2 Å². The first-order valence-electron chi connectivity index (χ1n) is 5.17. The van der Waals surface area contributed by atoms with E-state index in [9.17, 15) is 4.79 Å². The average molecular weight is 200 g/mol. The van der Waals surface area contributed by atoms with E-state index in [0.717, 1.165) is 19.4 Å². The monoisotopic (exact) mass is 200 g/mol. The van der Waals surface area contributed by atoms with Crippen LogP contribution >= 0.6 is 0 Å². The van der Waals surface area contributed by atoms with E-state index in [4.69, 9.17) is 4.74 Å². The number of carbonyl (C=O) groups is 1. The zero-order valence-electron chi connectivity index (χ0n) is 9.30. The van der Waals surface area contributed by atoms with Gasteiger partial charge in [-0.3, -0.25) is 10.1 Å². The van der Waals surface area contributed by atoms with Gasteiger partial charge in [-0.05, 0) is 19.8 Å². The SMILES string of the molecule is CCC1(C)NCN(CCCOC)C1=O. The molecule has 4 nitrogen and oxygen atoms in total. The Hall–Kier alpha value is -0.610. The van der Waals surface area contributed by atoms with Crippen molar-refractivity contribution in [3.63, 3.8) is 0 Å². The summed E-state index contributed by atoms with van der Waals surface area (Å²) in [4.78, 5) is 13.7. The summed E-state index contributed by atoms with van der Waals surface area (Å²) in [5.74, 6) is 0.219. The van der Waals surface area contributed by atoms with E-state index in [0.29, 0.717) is 13.3 Å². The van der Waals surface area contributed by atoms with Crippen LogP contribution in [-0.4, -0.2) is 43.3 Å².